The van der Waals surface area contributed by atoms with Crippen molar-refractivity contribution in [3.05, 3.63) is 69.9 Å². The van der Waals surface area contributed by atoms with Crippen LogP contribution >= 0.6 is 23.2 Å². The lowest BCUT2D eigenvalue weighted by atomic mass is 10.2. The summed E-state index contributed by atoms with van der Waals surface area (Å²) in [5.74, 6) is 0.912. The summed E-state index contributed by atoms with van der Waals surface area (Å²) < 4.78 is 13.0. The van der Waals surface area contributed by atoms with E-state index in [1.807, 2.05) is 24.6 Å². The Kier molecular flexibility index (Phi) is 6.08. The molecule has 6 nitrogen and oxygen atoms in total. The molecule has 3 aromatic rings. The summed E-state index contributed by atoms with van der Waals surface area (Å²) in [5, 5.41) is 8.06. The van der Waals surface area contributed by atoms with Gasteiger partial charge >= 0.3 is 0 Å². The number of benzene rings is 1. The molecular weight excluding hydrogens is 389 g/mol. The average Bonchev–Trinajstić information content (AvgIpc) is 3.30. The van der Waals surface area contributed by atoms with Crippen LogP contribution in [0.1, 0.15) is 41.9 Å². The van der Waals surface area contributed by atoms with Crippen molar-refractivity contribution in [3.63, 3.8) is 0 Å². The molecule has 0 aliphatic heterocycles. The van der Waals surface area contributed by atoms with Crippen LogP contribution in [-0.2, 0) is 13.2 Å². The third-order valence-corrected chi connectivity index (χ3v) is 4.52. The lowest BCUT2D eigenvalue weighted by Gasteiger charge is -2.14. The molecule has 0 saturated heterocycles. The van der Waals surface area contributed by atoms with Gasteiger partial charge < -0.3 is 14.5 Å². The van der Waals surface area contributed by atoms with E-state index in [9.17, 15) is 4.79 Å². The van der Waals surface area contributed by atoms with Crippen molar-refractivity contribution < 1.29 is 13.9 Å². The third kappa shape index (κ3) is 4.64. The normalized spacial score (nSPS) is 12.0. The third-order valence-electron chi connectivity index (χ3n) is 3.99. The second kappa shape index (κ2) is 8.50. The van der Waals surface area contributed by atoms with Crippen LogP contribution in [0.4, 0.5) is 0 Å². The summed E-state index contributed by atoms with van der Waals surface area (Å²) in [6.45, 7) is 4.78. The van der Waals surface area contributed by atoms with Gasteiger partial charge in [0.25, 0.3) is 5.91 Å². The molecule has 1 unspecified atom stereocenters. The number of aryl methyl sites for hydroxylation is 1. The van der Waals surface area contributed by atoms with E-state index < -0.39 is 0 Å². The molecule has 1 atom stereocenters. The van der Waals surface area contributed by atoms with Gasteiger partial charge in [0.2, 0.25) is 0 Å². The number of nitrogens with zero attached hydrogens (tertiary/aromatic N) is 2. The highest BCUT2D eigenvalue weighted by molar-refractivity contribution is 6.35. The number of furan rings is 1. The summed E-state index contributed by atoms with van der Waals surface area (Å²) >= 11 is 11.9. The summed E-state index contributed by atoms with van der Waals surface area (Å²) in [6.07, 6.45) is 1.71. The van der Waals surface area contributed by atoms with E-state index in [2.05, 4.69) is 10.4 Å². The van der Waals surface area contributed by atoms with Gasteiger partial charge in [-0.15, -0.1) is 0 Å². The summed E-state index contributed by atoms with van der Waals surface area (Å²) in [4.78, 5) is 12.4. The van der Waals surface area contributed by atoms with E-state index in [0.29, 0.717) is 21.6 Å². The Bertz CT molecular complexity index is 936. The number of rotatable bonds is 7. The van der Waals surface area contributed by atoms with E-state index >= 15 is 0 Å². The summed E-state index contributed by atoms with van der Waals surface area (Å²) in [6, 6.07) is 9.96. The molecule has 27 heavy (non-hydrogen) atoms. The predicted octanol–water partition coefficient (Wildman–Crippen LogP) is 4.87. The maximum Gasteiger partial charge on any atom is 0.287 e. The highest BCUT2D eigenvalue weighted by atomic mass is 35.5. The van der Waals surface area contributed by atoms with Crippen molar-refractivity contribution >= 4 is 29.1 Å². The first-order chi connectivity index (χ1) is 13.0. The van der Waals surface area contributed by atoms with E-state index in [1.165, 1.54) is 0 Å². The van der Waals surface area contributed by atoms with Gasteiger partial charge in [-0.2, -0.15) is 5.10 Å². The number of aromatic nitrogens is 2. The number of amides is 1. The second-order valence-corrected chi connectivity index (χ2v) is 6.74. The molecule has 3 rings (SSSR count). The van der Waals surface area contributed by atoms with Crippen LogP contribution < -0.4 is 10.1 Å². The molecule has 0 aliphatic rings. The topological polar surface area (TPSA) is 69.3 Å². The summed E-state index contributed by atoms with van der Waals surface area (Å²) in [5.41, 5.74) is 0.929. The summed E-state index contributed by atoms with van der Waals surface area (Å²) in [7, 11) is 0. The molecule has 0 fully saturated rings. The maximum absolute atomic E-state index is 12.4. The van der Waals surface area contributed by atoms with Gasteiger partial charge in [0.15, 0.2) is 5.76 Å². The number of nitrogens with one attached hydrogen (secondary N) is 1. The quantitative estimate of drug-likeness (QED) is 0.606. The van der Waals surface area contributed by atoms with Gasteiger partial charge in [-0.3, -0.25) is 9.48 Å². The number of carbonyl (C=O) groups excluding carboxylic acids is 1. The Morgan fingerprint density at radius 3 is 2.85 bits per heavy atom. The lowest BCUT2D eigenvalue weighted by Crippen LogP contribution is -2.28. The first kappa shape index (κ1) is 19.3. The first-order valence-corrected chi connectivity index (χ1v) is 9.22. The van der Waals surface area contributed by atoms with Crippen LogP contribution in [-0.4, -0.2) is 15.7 Å². The minimum absolute atomic E-state index is 0.146. The Balaban J connectivity index is 1.60. The minimum Gasteiger partial charge on any atom is -0.484 e. The molecule has 142 valence electrons. The van der Waals surface area contributed by atoms with Crippen molar-refractivity contribution in [2.45, 2.75) is 33.0 Å². The van der Waals surface area contributed by atoms with Gasteiger partial charge in [-0.25, -0.2) is 0 Å². The standard InChI is InChI=1S/C19H19Cl2N3O3/c1-3-24-16(8-9-22-24)12(2)23-19(25)18-7-5-14(27-18)11-26-17-6-4-13(20)10-15(17)21/h4-10,12H,3,11H2,1-2H3,(H,23,25). The monoisotopic (exact) mass is 407 g/mol. The van der Waals surface area contributed by atoms with Crippen LogP contribution in [0, 0.1) is 0 Å². The molecule has 0 spiro atoms. The number of ether oxygens (including phenoxy) is 1. The highest BCUT2D eigenvalue weighted by Crippen LogP contribution is 2.28. The van der Waals surface area contributed by atoms with E-state index in [-0.39, 0.29) is 24.3 Å². The van der Waals surface area contributed by atoms with E-state index in [1.54, 1.807) is 36.5 Å². The molecule has 8 heteroatoms. The molecule has 1 amide bonds. The molecule has 0 bridgehead atoms. The van der Waals surface area contributed by atoms with Crippen LogP contribution in [0.3, 0.4) is 0 Å². The fraction of sp³-hybridized carbons (Fsp3) is 0.263. The average molecular weight is 408 g/mol. The van der Waals surface area contributed by atoms with Crippen LogP contribution in [0.2, 0.25) is 10.0 Å². The Labute approximate surface area is 167 Å². The Morgan fingerprint density at radius 2 is 2.11 bits per heavy atom. The Hall–Kier alpha value is -2.44. The van der Waals surface area contributed by atoms with Gasteiger partial charge in [0.1, 0.15) is 18.1 Å². The molecule has 0 saturated carbocycles. The van der Waals surface area contributed by atoms with Crippen molar-refractivity contribution in [1.82, 2.24) is 15.1 Å². The number of halogens is 2. The van der Waals surface area contributed by atoms with E-state index in [0.717, 1.165) is 12.2 Å². The van der Waals surface area contributed by atoms with Crippen LogP contribution in [0.25, 0.3) is 0 Å². The maximum atomic E-state index is 12.4. The van der Waals surface area contributed by atoms with Crippen molar-refractivity contribution in [2.24, 2.45) is 0 Å². The lowest BCUT2D eigenvalue weighted by molar-refractivity contribution is 0.0906. The van der Waals surface area contributed by atoms with E-state index in [4.69, 9.17) is 32.4 Å². The molecule has 0 radical (unpaired) electrons. The van der Waals surface area contributed by atoms with Crippen LogP contribution in [0.15, 0.2) is 47.0 Å². The number of hydrogen-bond donors (Lipinski definition) is 1. The molecule has 2 aromatic heterocycles. The van der Waals surface area contributed by atoms with Crippen molar-refractivity contribution in [1.29, 1.82) is 0 Å². The van der Waals surface area contributed by atoms with Gasteiger partial charge in [-0.05, 0) is 50.2 Å². The Morgan fingerprint density at radius 1 is 1.30 bits per heavy atom. The zero-order valence-electron chi connectivity index (χ0n) is 14.9. The molecule has 1 N–H and O–H groups in total. The largest absolute Gasteiger partial charge is 0.484 e. The number of carbonyl (C=O) groups is 1. The molecule has 1 aromatic carbocycles. The minimum atomic E-state index is -0.304. The SMILES string of the molecule is CCn1nccc1C(C)NC(=O)c1ccc(COc2ccc(Cl)cc2Cl)o1. The molecule has 0 aliphatic carbocycles. The molecular formula is C19H19Cl2N3O3. The van der Waals surface area contributed by atoms with Gasteiger partial charge in [0.05, 0.1) is 16.8 Å². The highest BCUT2D eigenvalue weighted by Gasteiger charge is 2.17. The first-order valence-electron chi connectivity index (χ1n) is 8.47. The van der Waals surface area contributed by atoms with Gasteiger partial charge in [0, 0.05) is 17.8 Å². The fourth-order valence-corrected chi connectivity index (χ4v) is 3.10. The smallest absolute Gasteiger partial charge is 0.287 e. The van der Waals surface area contributed by atoms with Crippen molar-refractivity contribution in [2.75, 3.05) is 0 Å². The van der Waals surface area contributed by atoms with Crippen LogP contribution in [0.5, 0.6) is 5.75 Å². The zero-order chi connectivity index (χ0) is 19.4. The van der Waals surface area contributed by atoms with Crippen molar-refractivity contribution in [3.8, 4) is 5.75 Å². The van der Waals surface area contributed by atoms with Gasteiger partial charge in [-0.1, -0.05) is 23.2 Å². The predicted molar refractivity (Wildman–Crippen MR) is 103 cm³/mol. The molecule has 2 heterocycles. The second-order valence-electron chi connectivity index (χ2n) is 5.90. The number of hydrogen-bond acceptors (Lipinski definition) is 4. The zero-order valence-corrected chi connectivity index (χ0v) is 16.4. The fourth-order valence-electron chi connectivity index (χ4n) is 2.64.